The SMILES string of the molecule is CCOC(=O)[C@@]1(C(N)=O)O[C@@]12CC[C@H]1[C@@H]3CC[C@@H]4C[C@H](OC(C)=O)CC[C@]4(C)[C@H]3CC[C@@]12C. The highest BCUT2D eigenvalue weighted by Crippen LogP contribution is 2.76. The molecule has 1 amide bonds. The summed E-state index contributed by atoms with van der Waals surface area (Å²) < 4.78 is 17.0. The maximum atomic E-state index is 12.9. The van der Waals surface area contributed by atoms with Gasteiger partial charge < -0.3 is 19.9 Å². The molecule has 0 bridgehead atoms. The van der Waals surface area contributed by atoms with Gasteiger partial charge >= 0.3 is 11.9 Å². The van der Waals surface area contributed by atoms with Gasteiger partial charge in [0.25, 0.3) is 11.5 Å². The minimum absolute atomic E-state index is 0.0568. The highest BCUT2D eigenvalue weighted by molar-refractivity contribution is 6.10. The summed E-state index contributed by atoms with van der Waals surface area (Å²) in [5, 5.41) is 0. The van der Waals surface area contributed by atoms with Crippen LogP contribution in [0.5, 0.6) is 0 Å². The fourth-order valence-corrected chi connectivity index (χ4v) is 9.33. The van der Waals surface area contributed by atoms with Gasteiger partial charge in [0.15, 0.2) is 0 Å². The Kier molecular flexibility index (Phi) is 5.21. The minimum atomic E-state index is -1.62. The molecule has 1 spiro atoms. The van der Waals surface area contributed by atoms with Crippen LogP contribution in [-0.4, -0.2) is 41.8 Å². The molecule has 7 nitrogen and oxygen atoms in total. The first-order valence-electron chi connectivity index (χ1n) is 12.9. The first kappa shape index (κ1) is 23.1. The number of epoxide rings is 1. The molecule has 0 radical (unpaired) electrons. The zero-order valence-electron chi connectivity index (χ0n) is 20.5. The number of carbonyl (C=O) groups is 3. The number of hydrogen-bond donors (Lipinski definition) is 1. The molecule has 4 aliphatic carbocycles. The van der Waals surface area contributed by atoms with Gasteiger partial charge in [0.1, 0.15) is 11.7 Å². The van der Waals surface area contributed by atoms with Gasteiger partial charge in [-0.2, -0.15) is 0 Å². The monoisotopic (exact) mass is 461 g/mol. The maximum Gasteiger partial charge on any atom is 0.351 e. The predicted octanol–water partition coefficient (Wildman–Crippen LogP) is 3.52. The molecule has 2 N–H and O–H groups in total. The van der Waals surface area contributed by atoms with Crippen LogP contribution < -0.4 is 5.73 Å². The first-order chi connectivity index (χ1) is 15.6. The third kappa shape index (κ3) is 2.86. The largest absolute Gasteiger partial charge is 0.463 e. The molecule has 5 aliphatic rings. The third-order valence-corrected chi connectivity index (χ3v) is 10.8. The first-order valence-corrected chi connectivity index (χ1v) is 12.9. The molecule has 4 saturated carbocycles. The Labute approximate surface area is 196 Å². The van der Waals surface area contributed by atoms with Crippen LogP contribution in [0, 0.1) is 34.5 Å². The average molecular weight is 462 g/mol. The average Bonchev–Trinajstić information content (AvgIpc) is 3.36. The summed E-state index contributed by atoms with van der Waals surface area (Å²) in [5.74, 6) is 0.684. The summed E-state index contributed by atoms with van der Waals surface area (Å²) in [5.41, 5.74) is 3.34. The van der Waals surface area contributed by atoms with Crippen molar-refractivity contribution in [1.82, 2.24) is 0 Å². The van der Waals surface area contributed by atoms with Crippen LogP contribution in [0.4, 0.5) is 0 Å². The molecule has 1 aliphatic heterocycles. The Morgan fingerprint density at radius 1 is 1.00 bits per heavy atom. The number of ether oxygens (including phenoxy) is 3. The van der Waals surface area contributed by atoms with E-state index in [4.69, 9.17) is 19.9 Å². The zero-order chi connectivity index (χ0) is 23.8. The molecular weight excluding hydrogens is 422 g/mol. The van der Waals surface area contributed by atoms with E-state index in [0.717, 1.165) is 51.4 Å². The lowest BCUT2D eigenvalue weighted by atomic mass is 9.44. The lowest BCUT2D eigenvalue weighted by molar-refractivity contribution is -0.160. The van der Waals surface area contributed by atoms with E-state index >= 15 is 0 Å². The summed E-state index contributed by atoms with van der Waals surface area (Å²) in [4.78, 5) is 37.0. The van der Waals surface area contributed by atoms with Crippen molar-refractivity contribution >= 4 is 17.8 Å². The molecule has 33 heavy (non-hydrogen) atoms. The van der Waals surface area contributed by atoms with Gasteiger partial charge in [-0.05, 0) is 93.8 Å². The molecule has 1 saturated heterocycles. The second-order valence-corrected chi connectivity index (χ2v) is 11.9. The van der Waals surface area contributed by atoms with Crippen molar-refractivity contribution < 1.29 is 28.6 Å². The molecule has 0 aromatic rings. The Balaban J connectivity index is 1.39. The van der Waals surface area contributed by atoms with Crippen LogP contribution in [0.1, 0.15) is 85.5 Å². The number of esters is 2. The smallest absolute Gasteiger partial charge is 0.351 e. The standard InChI is InChI=1S/C26H39NO6/c1-5-31-22(30)26(21(27)29)25(33-26)13-10-20-18-7-6-16-14-17(32-15(2)28)8-11-23(16,3)19(18)9-12-24(20,25)4/h16-20H,5-14H2,1-4H3,(H2,27,29)/t16-,17-,18-,19+,20+,23+,24+,25-,26-/m1/s1. The van der Waals surface area contributed by atoms with Gasteiger partial charge in [0.2, 0.25) is 0 Å². The van der Waals surface area contributed by atoms with Crippen LogP contribution in [-0.2, 0) is 28.6 Å². The lowest BCUT2D eigenvalue weighted by Crippen LogP contribution is -2.57. The molecule has 5 fully saturated rings. The van der Waals surface area contributed by atoms with Gasteiger partial charge in [-0.15, -0.1) is 0 Å². The molecule has 7 heteroatoms. The molecule has 5 rings (SSSR count). The summed E-state index contributed by atoms with van der Waals surface area (Å²) in [7, 11) is 0. The second kappa shape index (κ2) is 7.43. The number of hydrogen-bond acceptors (Lipinski definition) is 6. The fraction of sp³-hybridized carbons (Fsp3) is 0.885. The number of nitrogens with two attached hydrogens (primary N) is 1. The molecule has 0 aromatic carbocycles. The molecule has 184 valence electrons. The lowest BCUT2D eigenvalue weighted by Gasteiger charge is -2.60. The predicted molar refractivity (Wildman–Crippen MR) is 120 cm³/mol. The zero-order valence-corrected chi connectivity index (χ0v) is 20.5. The number of carbonyl (C=O) groups excluding carboxylic acids is 3. The third-order valence-electron chi connectivity index (χ3n) is 10.8. The highest BCUT2D eigenvalue weighted by atomic mass is 16.7. The van der Waals surface area contributed by atoms with Crippen molar-refractivity contribution in [2.24, 2.45) is 40.2 Å². The number of fused-ring (bicyclic) bond motifs is 6. The van der Waals surface area contributed by atoms with Crippen molar-refractivity contribution in [2.45, 2.75) is 103 Å². The number of primary amides is 1. The van der Waals surface area contributed by atoms with Gasteiger partial charge in [-0.3, -0.25) is 9.59 Å². The Morgan fingerprint density at radius 2 is 1.73 bits per heavy atom. The topological polar surface area (TPSA) is 108 Å². The normalized spacial score (nSPS) is 50.0. The van der Waals surface area contributed by atoms with E-state index < -0.39 is 23.1 Å². The Hall–Kier alpha value is -1.63. The number of amides is 1. The fourth-order valence-electron chi connectivity index (χ4n) is 9.33. The molecular formula is C26H39NO6. The van der Waals surface area contributed by atoms with Crippen LogP contribution in [0.15, 0.2) is 0 Å². The quantitative estimate of drug-likeness (QED) is 0.390. The molecule has 0 aromatic heterocycles. The van der Waals surface area contributed by atoms with Gasteiger partial charge in [-0.25, -0.2) is 4.79 Å². The summed E-state index contributed by atoms with van der Waals surface area (Å²) in [6, 6.07) is 0. The van der Waals surface area contributed by atoms with Gasteiger partial charge in [0.05, 0.1) is 6.61 Å². The second-order valence-electron chi connectivity index (χ2n) is 11.9. The van der Waals surface area contributed by atoms with E-state index in [2.05, 4.69) is 13.8 Å². The van der Waals surface area contributed by atoms with E-state index in [0.29, 0.717) is 30.1 Å². The molecule has 0 unspecified atom stereocenters. The van der Waals surface area contributed by atoms with Crippen LogP contribution in [0.3, 0.4) is 0 Å². The minimum Gasteiger partial charge on any atom is -0.463 e. The van der Waals surface area contributed by atoms with Crippen molar-refractivity contribution in [3.05, 3.63) is 0 Å². The van der Waals surface area contributed by atoms with Crippen molar-refractivity contribution in [3.8, 4) is 0 Å². The maximum absolute atomic E-state index is 12.9. The van der Waals surface area contributed by atoms with Crippen molar-refractivity contribution in [3.63, 3.8) is 0 Å². The summed E-state index contributed by atoms with van der Waals surface area (Å²) in [6.07, 6.45) is 9.02. The Morgan fingerprint density at radius 3 is 2.39 bits per heavy atom. The number of rotatable bonds is 4. The van der Waals surface area contributed by atoms with E-state index in [-0.39, 0.29) is 29.5 Å². The summed E-state index contributed by atoms with van der Waals surface area (Å²) >= 11 is 0. The van der Waals surface area contributed by atoms with Crippen LogP contribution in [0.2, 0.25) is 0 Å². The summed E-state index contributed by atoms with van der Waals surface area (Å²) in [6.45, 7) is 8.14. The molecule has 1 heterocycles. The van der Waals surface area contributed by atoms with E-state index in [1.165, 1.54) is 6.92 Å². The van der Waals surface area contributed by atoms with Crippen molar-refractivity contribution in [1.29, 1.82) is 0 Å². The van der Waals surface area contributed by atoms with E-state index in [1.54, 1.807) is 6.92 Å². The highest BCUT2D eigenvalue weighted by Gasteiger charge is 2.88. The van der Waals surface area contributed by atoms with E-state index in [9.17, 15) is 14.4 Å². The molecule has 9 atom stereocenters. The Bertz CT molecular complexity index is 875. The van der Waals surface area contributed by atoms with Gasteiger partial charge in [-0.1, -0.05) is 13.8 Å². The van der Waals surface area contributed by atoms with Crippen LogP contribution >= 0.6 is 0 Å². The van der Waals surface area contributed by atoms with Gasteiger partial charge in [0, 0.05) is 12.3 Å². The van der Waals surface area contributed by atoms with Crippen molar-refractivity contribution in [2.75, 3.05) is 6.61 Å². The van der Waals surface area contributed by atoms with Crippen LogP contribution in [0.25, 0.3) is 0 Å². The van der Waals surface area contributed by atoms with E-state index in [1.807, 2.05) is 0 Å².